The number of hydrogen-bond acceptors (Lipinski definition) is 6. The molecular formula is C25H43F3N4O3. The minimum Gasteiger partial charge on any atom is -0.395 e. The molecule has 1 heterocycles. The fourth-order valence-electron chi connectivity index (χ4n) is 2.27. The third-order valence-corrected chi connectivity index (χ3v) is 3.90. The van der Waals surface area contributed by atoms with E-state index in [1.807, 2.05) is 52.6 Å². The molecule has 7 nitrogen and oxygen atoms in total. The maximum Gasteiger partial charge on any atom is 0.386 e. The summed E-state index contributed by atoms with van der Waals surface area (Å²) in [6.07, 6.45) is -0.670. The average molecular weight is 505 g/mol. The van der Waals surface area contributed by atoms with Crippen LogP contribution in [0.15, 0.2) is 24.3 Å². The van der Waals surface area contributed by atoms with E-state index in [0.717, 1.165) is 22.5 Å². The Bertz CT molecular complexity index is 789. The Morgan fingerprint density at radius 3 is 2.26 bits per heavy atom. The zero-order valence-electron chi connectivity index (χ0n) is 22.6. The van der Waals surface area contributed by atoms with Crippen LogP contribution in [0.4, 0.5) is 18.9 Å². The number of carbonyl (C=O) groups excluding carboxylic acids is 1. The molecule has 0 atom stereocenters. The number of nitrogens with zero attached hydrogens (tertiary/aromatic N) is 2. The normalized spacial score (nSPS) is 10.4. The molecule has 0 fully saturated rings. The molecule has 35 heavy (non-hydrogen) atoms. The van der Waals surface area contributed by atoms with Crippen molar-refractivity contribution in [1.29, 1.82) is 5.41 Å². The number of aromatic nitrogens is 1. The highest BCUT2D eigenvalue weighted by atomic mass is 19.4. The number of rotatable bonds is 9. The van der Waals surface area contributed by atoms with Crippen LogP contribution < -0.4 is 10.2 Å². The first-order chi connectivity index (χ1) is 16.2. The van der Waals surface area contributed by atoms with Crippen LogP contribution in [0.3, 0.4) is 0 Å². The first kappa shape index (κ1) is 36.8. The molecule has 0 aliphatic rings. The minimum atomic E-state index is -4.00. The molecule has 0 aliphatic heterocycles. The van der Waals surface area contributed by atoms with E-state index in [2.05, 4.69) is 23.0 Å². The van der Waals surface area contributed by atoms with Crippen LogP contribution in [-0.2, 0) is 9.53 Å². The average Bonchev–Trinajstić information content (AvgIpc) is 2.77. The number of likely N-dealkylation sites (N-methyl/N-ethyl adjacent to an activating group) is 1. The minimum absolute atomic E-state index is 0.115. The monoisotopic (exact) mass is 504 g/mol. The second-order valence-corrected chi connectivity index (χ2v) is 7.15. The van der Waals surface area contributed by atoms with Crippen molar-refractivity contribution in [2.45, 2.75) is 54.6 Å². The number of aliphatic hydroxyl groups excluding tert-OH is 1. The lowest BCUT2D eigenvalue weighted by Crippen LogP contribution is -2.28. The Morgan fingerprint density at radius 1 is 1.34 bits per heavy atom. The third-order valence-electron chi connectivity index (χ3n) is 3.90. The fraction of sp³-hybridized carbons (Fsp3) is 0.560. The molecule has 0 saturated carbocycles. The van der Waals surface area contributed by atoms with E-state index in [4.69, 9.17) is 15.3 Å². The van der Waals surface area contributed by atoms with E-state index < -0.39 is 6.18 Å². The molecule has 0 radical (unpaired) electrons. The van der Waals surface area contributed by atoms with Gasteiger partial charge in [-0.3, -0.25) is 9.78 Å². The van der Waals surface area contributed by atoms with E-state index in [-0.39, 0.29) is 31.6 Å². The second kappa shape index (κ2) is 20.6. The van der Waals surface area contributed by atoms with Crippen LogP contribution >= 0.6 is 0 Å². The van der Waals surface area contributed by atoms with Crippen molar-refractivity contribution < 1.29 is 27.8 Å². The van der Waals surface area contributed by atoms with Gasteiger partial charge in [0, 0.05) is 39.9 Å². The lowest BCUT2D eigenvalue weighted by molar-refractivity contribution is -0.115. The number of aryl methyl sites for hydroxylation is 2. The molecule has 1 aromatic heterocycles. The summed E-state index contributed by atoms with van der Waals surface area (Å²) in [5.41, 5.74) is 4.72. The first-order valence-electron chi connectivity index (χ1n) is 11.2. The number of ether oxygens (including phenoxy) is 1. The van der Waals surface area contributed by atoms with Gasteiger partial charge < -0.3 is 25.5 Å². The number of halogens is 3. The summed E-state index contributed by atoms with van der Waals surface area (Å²) in [6.45, 7) is 17.0. The van der Waals surface area contributed by atoms with Gasteiger partial charge in [0.1, 0.15) is 0 Å². The number of anilines is 1. The molecule has 0 bridgehead atoms. The zero-order chi connectivity index (χ0) is 28.2. The molecule has 202 valence electrons. The van der Waals surface area contributed by atoms with Gasteiger partial charge in [-0.2, -0.15) is 13.2 Å². The van der Waals surface area contributed by atoms with Crippen molar-refractivity contribution in [3.05, 3.63) is 41.2 Å². The highest BCUT2D eigenvalue weighted by molar-refractivity contribution is 6.19. The van der Waals surface area contributed by atoms with Crippen LogP contribution in [0.1, 0.15) is 51.6 Å². The smallest absolute Gasteiger partial charge is 0.386 e. The molecule has 1 rings (SSSR count). The number of aliphatic hydroxyl groups is 1. The van der Waals surface area contributed by atoms with Gasteiger partial charge in [0.2, 0.25) is 0 Å². The van der Waals surface area contributed by atoms with E-state index >= 15 is 0 Å². The summed E-state index contributed by atoms with van der Waals surface area (Å²) >= 11 is 0. The van der Waals surface area contributed by atoms with Crippen LogP contribution in [0.25, 0.3) is 5.57 Å². The van der Waals surface area contributed by atoms with E-state index in [1.54, 1.807) is 14.0 Å². The van der Waals surface area contributed by atoms with Crippen molar-refractivity contribution in [3.63, 3.8) is 0 Å². The van der Waals surface area contributed by atoms with E-state index in [0.29, 0.717) is 18.8 Å². The van der Waals surface area contributed by atoms with Gasteiger partial charge in [0.15, 0.2) is 0 Å². The predicted molar refractivity (Wildman–Crippen MR) is 139 cm³/mol. The van der Waals surface area contributed by atoms with Crippen LogP contribution in [0.5, 0.6) is 0 Å². The number of amides is 1. The lowest BCUT2D eigenvalue weighted by atomic mass is 10.1. The highest BCUT2D eigenvalue weighted by Gasteiger charge is 2.18. The van der Waals surface area contributed by atoms with Crippen molar-refractivity contribution in [2.75, 3.05) is 45.4 Å². The molecule has 0 spiro atoms. The first-order valence-corrected chi connectivity index (χ1v) is 11.2. The number of nitrogens with one attached hydrogen (secondary N) is 2. The number of hydrogen-bond donors (Lipinski definition) is 3. The van der Waals surface area contributed by atoms with Gasteiger partial charge in [0.25, 0.3) is 5.91 Å². The SMILES string of the molecule is C=C(C(=O)NCCO)c1nc(C)c(C)cc1N(C)C/C=C(\C)COC.CC.CC(F)(F)F.CC=N. The second-order valence-electron chi connectivity index (χ2n) is 7.15. The molecule has 3 N–H and O–H groups in total. The van der Waals surface area contributed by atoms with E-state index in [9.17, 15) is 18.0 Å². The Labute approximate surface area is 208 Å². The standard InChI is InChI=1S/C19H29N3O3.C2H3F3.C2H5N.C2H6/c1-13(12-25-6)7-9-22(5)17-11-14(2)16(4)21-18(17)15(3)19(24)20-8-10-23;1-2(3,4)5;1-2-3;1-2/h7,11,23H,3,8-10,12H2,1-2,4-6H3,(H,20,24);1H3;2-3H,1H3;1-2H3/b13-7+;;;. The van der Waals surface area contributed by atoms with Gasteiger partial charge in [-0.25, -0.2) is 0 Å². The summed E-state index contributed by atoms with van der Waals surface area (Å²) < 4.78 is 36.2. The van der Waals surface area contributed by atoms with Crippen molar-refractivity contribution in [3.8, 4) is 0 Å². The summed E-state index contributed by atoms with van der Waals surface area (Å²) in [4.78, 5) is 18.8. The van der Waals surface area contributed by atoms with Gasteiger partial charge in [-0.15, -0.1) is 0 Å². The van der Waals surface area contributed by atoms with Gasteiger partial charge >= 0.3 is 6.18 Å². The third kappa shape index (κ3) is 19.3. The molecule has 1 amide bonds. The van der Waals surface area contributed by atoms with Crippen LogP contribution in [0, 0.1) is 19.3 Å². The summed E-state index contributed by atoms with van der Waals surface area (Å²) in [7, 11) is 3.62. The van der Waals surface area contributed by atoms with Gasteiger partial charge in [-0.1, -0.05) is 32.1 Å². The largest absolute Gasteiger partial charge is 0.395 e. The van der Waals surface area contributed by atoms with Crippen LogP contribution in [0.2, 0.25) is 0 Å². The van der Waals surface area contributed by atoms with Crippen molar-refractivity contribution >= 4 is 23.4 Å². The highest BCUT2D eigenvalue weighted by Crippen LogP contribution is 2.26. The lowest BCUT2D eigenvalue weighted by Gasteiger charge is -2.23. The quantitative estimate of drug-likeness (QED) is 0.247. The summed E-state index contributed by atoms with van der Waals surface area (Å²) in [6, 6.07) is 2.02. The zero-order valence-corrected chi connectivity index (χ0v) is 22.6. The van der Waals surface area contributed by atoms with Gasteiger partial charge in [-0.05, 0) is 45.5 Å². The summed E-state index contributed by atoms with van der Waals surface area (Å²) in [5.74, 6) is -0.328. The maximum atomic E-state index is 12.2. The number of methoxy groups -OCH3 is 1. The molecular weight excluding hydrogens is 461 g/mol. The molecule has 0 unspecified atom stereocenters. The summed E-state index contributed by atoms with van der Waals surface area (Å²) in [5, 5.41) is 17.6. The Kier molecular flexibility index (Phi) is 21.7. The Balaban J connectivity index is -0.000000872. The fourth-order valence-corrected chi connectivity index (χ4v) is 2.27. The maximum absolute atomic E-state index is 12.2. The predicted octanol–water partition coefficient (Wildman–Crippen LogP) is 5.10. The molecule has 0 saturated heterocycles. The van der Waals surface area contributed by atoms with Gasteiger partial charge in [0.05, 0.1) is 30.2 Å². The number of carbonyl (C=O) groups is 1. The number of alkyl halides is 3. The molecule has 1 aromatic rings. The van der Waals surface area contributed by atoms with E-state index in [1.165, 1.54) is 6.21 Å². The van der Waals surface area contributed by atoms with Crippen molar-refractivity contribution in [2.24, 2.45) is 0 Å². The topological polar surface area (TPSA) is 98.5 Å². The Hall–Kier alpha value is -2.72. The van der Waals surface area contributed by atoms with Crippen LogP contribution in [-0.4, -0.2) is 68.8 Å². The molecule has 0 aromatic carbocycles. The number of pyridine rings is 1. The Morgan fingerprint density at radius 2 is 1.83 bits per heavy atom. The molecule has 10 heteroatoms. The molecule has 0 aliphatic carbocycles. The van der Waals surface area contributed by atoms with Crippen molar-refractivity contribution in [1.82, 2.24) is 10.3 Å².